The van der Waals surface area contributed by atoms with Crippen LogP contribution >= 0.6 is 0 Å². The average Bonchev–Trinajstić information content (AvgIpc) is 2.39. The van der Waals surface area contributed by atoms with Crippen molar-refractivity contribution in [2.75, 3.05) is 7.05 Å². The molecular formula is C16H25NO. The van der Waals surface area contributed by atoms with Crippen molar-refractivity contribution in [1.82, 2.24) is 5.32 Å². The van der Waals surface area contributed by atoms with Crippen LogP contribution in [-0.4, -0.2) is 19.2 Å². The fourth-order valence-electron chi connectivity index (χ4n) is 2.80. The average molecular weight is 247 g/mol. The zero-order valence-corrected chi connectivity index (χ0v) is 11.8. The van der Waals surface area contributed by atoms with Gasteiger partial charge in [-0.05, 0) is 63.3 Å². The van der Waals surface area contributed by atoms with Crippen molar-refractivity contribution in [2.45, 2.75) is 58.3 Å². The molecule has 0 spiro atoms. The fourth-order valence-corrected chi connectivity index (χ4v) is 2.80. The molecule has 1 aromatic rings. The van der Waals surface area contributed by atoms with Crippen molar-refractivity contribution < 1.29 is 4.74 Å². The number of hydrogen-bond donors (Lipinski definition) is 1. The fraction of sp³-hybridized carbons (Fsp3) is 0.625. The smallest absolute Gasteiger partial charge is 0.0725 e. The molecule has 100 valence electrons. The number of hydrogen-bond acceptors (Lipinski definition) is 2. The highest BCUT2D eigenvalue weighted by Gasteiger charge is 2.20. The molecule has 1 fully saturated rings. The highest BCUT2D eigenvalue weighted by molar-refractivity contribution is 5.32. The molecule has 0 amide bonds. The Kier molecular flexibility index (Phi) is 4.79. The molecule has 0 aliphatic heterocycles. The third-order valence-corrected chi connectivity index (χ3v) is 4.19. The second-order valence-corrected chi connectivity index (χ2v) is 5.44. The van der Waals surface area contributed by atoms with E-state index in [2.05, 4.69) is 44.4 Å². The summed E-state index contributed by atoms with van der Waals surface area (Å²) in [6, 6.07) is 7.16. The van der Waals surface area contributed by atoms with Crippen LogP contribution < -0.4 is 5.32 Å². The van der Waals surface area contributed by atoms with Gasteiger partial charge in [0.1, 0.15) is 0 Å². The number of nitrogens with one attached hydrogen (secondary N) is 1. The van der Waals surface area contributed by atoms with Crippen LogP contribution in [0.25, 0.3) is 0 Å². The van der Waals surface area contributed by atoms with Crippen LogP contribution in [0, 0.1) is 13.8 Å². The molecule has 0 heterocycles. The van der Waals surface area contributed by atoms with E-state index < -0.39 is 0 Å². The van der Waals surface area contributed by atoms with Crippen LogP contribution in [0.4, 0.5) is 0 Å². The molecule has 1 aliphatic rings. The molecule has 2 heteroatoms. The maximum Gasteiger partial charge on any atom is 0.0725 e. The molecular weight excluding hydrogens is 222 g/mol. The van der Waals surface area contributed by atoms with Crippen molar-refractivity contribution >= 4 is 0 Å². The van der Waals surface area contributed by atoms with Gasteiger partial charge in [-0.1, -0.05) is 18.2 Å². The molecule has 1 aliphatic carbocycles. The van der Waals surface area contributed by atoms with Gasteiger partial charge >= 0.3 is 0 Å². The Balaban J connectivity index is 1.85. The second kappa shape index (κ2) is 6.35. The molecule has 0 saturated heterocycles. The van der Waals surface area contributed by atoms with Gasteiger partial charge in [-0.25, -0.2) is 0 Å². The molecule has 0 atom stereocenters. The molecule has 1 N–H and O–H groups in total. The van der Waals surface area contributed by atoms with Gasteiger partial charge in [0.15, 0.2) is 0 Å². The summed E-state index contributed by atoms with van der Waals surface area (Å²) in [5.74, 6) is 0. The first-order valence-electron chi connectivity index (χ1n) is 7.04. The van der Waals surface area contributed by atoms with Crippen LogP contribution in [0.1, 0.15) is 42.4 Å². The van der Waals surface area contributed by atoms with E-state index in [1.807, 2.05) is 0 Å². The minimum absolute atomic E-state index is 0.452. The van der Waals surface area contributed by atoms with E-state index in [9.17, 15) is 0 Å². The Morgan fingerprint density at radius 3 is 2.28 bits per heavy atom. The Bertz CT molecular complexity index is 360. The summed E-state index contributed by atoms with van der Waals surface area (Å²) in [7, 11) is 2.06. The third kappa shape index (κ3) is 3.33. The van der Waals surface area contributed by atoms with Gasteiger partial charge in [0.2, 0.25) is 0 Å². The number of rotatable bonds is 4. The van der Waals surface area contributed by atoms with Crippen LogP contribution in [0.3, 0.4) is 0 Å². The zero-order chi connectivity index (χ0) is 13.0. The summed E-state index contributed by atoms with van der Waals surface area (Å²) < 4.78 is 6.10. The van der Waals surface area contributed by atoms with E-state index in [1.54, 1.807) is 0 Å². The Labute approximate surface area is 111 Å². The highest BCUT2D eigenvalue weighted by atomic mass is 16.5. The van der Waals surface area contributed by atoms with Gasteiger partial charge in [0.05, 0.1) is 12.7 Å². The molecule has 0 unspecified atom stereocenters. The van der Waals surface area contributed by atoms with Crippen molar-refractivity contribution in [1.29, 1.82) is 0 Å². The minimum atomic E-state index is 0.452. The SMILES string of the molecule is CNC1CCC(OCc2c(C)cccc2C)CC1. The van der Waals surface area contributed by atoms with Crippen molar-refractivity contribution in [2.24, 2.45) is 0 Å². The van der Waals surface area contributed by atoms with Crippen molar-refractivity contribution in [3.63, 3.8) is 0 Å². The predicted octanol–water partition coefficient (Wildman–Crippen LogP) is 3.35. The van der Waals surface area contributed by atoms with Crippen molar-refractivity contribution in [3.05, 3.63) is 34.9 Å². The number of aryl methyl sites for hydroxylation is 2. The Hall–Kier alpha value is -0.860. The summed E-state index contributed by atoms with van der Waals surface area (Å²) in [5, 5.41) is 3.36. The van der Waals surface area contributed by atoms with Crippen LogP contribution in [0.2, 0.25) is 0 Å². The minimum Gasteiger partial charge on any atom is -0.374 e. The molecule has 2 rings (SSSR count). The zero-order valence-electron chi connectivity index (χ0n) is 11.8. The summed E-state index contributed by atoms with van der Waals surface area (Å²) in [6.45, 7) is 5.11. The molecule has 0 aromatic heterocycles. The van der Waals surface area contributed by atoms with Gasteiger partial charge in [-0.3, -0.25) is 0 Å². The summed E-state index contributed by atoms with van der Waals surface area (Å²) >= 11 is 0. The van der Waals surface area contributed by atoms with E-state index in [0.717, 1.165) is 6.61 Å². The molecule has 1 saturated carbocycles. The van der Waals surface area contributed by atoms with Gasteiger partial charge in [0, 0.05) is 6.04 Å². The quantitative estimate of drug-likeness (QED) is 0.881. The van der Waals surface area contributed by atoms with E-state index >= 15 is 0 Å². The second-order valence-electron chi connectivity index (χ2n) is 5.44. The van der Waals surface area contributed by atoms with Gasteiger partial charge < -0.3 is 10.1 Å². The van der Waals surface area contributed by atoms with Crippen LogP contribution in [-0.2, 0) is 11.3 Å². The summed E-state index contributed by atoms with van der Waals surface area (Å²) in [4.78, 5) is 0. The van der Waals surface area contributed by atoms with E-state index in [4.69, 9.17) is 4.74 Å². The van der Waals surface area contributed by atoms with E-state index in [0.29, 0.717) is 12.1 Å². The number of ether oxygens (including phenoxy) is 1. The first kappa shape index (κ1) is 13.6. The van der Waals surface area contributed by atoms with Gasteiger partial charge in [-0.15, -0.1) is 0 Å². The largest absolute Gasteiger partial charge is 0.374 e. The molecule has 2 nitrogen and oxygen atoms in total. The normalized spacial score (nSPS) is 24.2. The molecule has 0 radical (unpaired) electrons. The van der Waals surface area contributed by atoms with Crippen LogP contribution in [0.5, 0.6) is 0 Å². The molecule has 18 heavy (non-hydrogen) atoms. The summed E-state index contributed by atoms with van der Waals surface area (Å²) in [6.07, 6.45) is 5.32. The Morgan fingerprint density at radius 2 is 1.72 bits per heavy atom. The maximum atomic E-state index is 6.10. The van der Waals surface area contributed by atoms with E-state index in [1.165, 1.54) is 42.4 Å². The van der Waals surface area contributed by atoms with Gasteiger partial charge in [0.25, 0.3) is 0 Å². The summed E-state index contributed by atoms with van der Waals surface area (Å²) in [5.41, 5.74) is 4.06. The highest BCUT2D eigenvalue weighted by Crippen LogP contribution is 2.23. The topological polar surface area (TPSA) is 21.3 Å². The lowest BCUT2D eigenvalue weighted by Crippen LogP contribution is -2.32. The van der Waals surface area contributed by atoms with Gasteiger partial charge in [-0.2, -0.15) is 0 Å². The lowest BCUT2D eigenvalue weighted by molar-refractivity contribution is 0.0114. The van der Waals surface area contributed by atoms with Crippen molar-refractivity contribution in [3.8, 4) is 0 Å². The van der Waals surface area contributed by atoms with Crippen LogP contribution in [0.15, 0.2) is 18.2 Å². The maximum absolute atomic E-state index is 6.10. The molecule has 0 bridgehead atoms. The standard InChI is InChI=1S/C16H25NO/c1-12-5-4-6-13(2)16(12)11-18-15-9-7-14(17-3)8-10-15/h4-6,14-15,17H,7-11H2,1-3H3. The first-order chi connectivity index (χ1) is 8.70. The third-order valence-electron chi connectivity index (χ3n) is 4.19. The predicted molar refractivity (Wildman–Crippen MR) is 75.8 cm³/mol. The lowest BCUT2D eigenvalue weighted by Gasteiger charge is -2.28. The monoisotopic (exact) mass is 247 g/mol. The lowest BCUT2D eigenvalue weighted by atomic mass is 9.93. The molecule has 1 aromatic carbocycles. The van der Waals surface area contributed by atoms with E-state index in [-0.39, 0.29) is 0 Å². The first-order valence-corrected chi connectivity index (χ1v) is 7.04. The number of benzene rings is 1. The Morgan fingerprint density at radius 1 is 1.11 bits per heavy atom.